The molecule has 4 nitrogen and oxygen atoms in total. The SMILES string of the molecule is CN(CCC(NC1CC1)C(=O)O)C1CCC1. The fourth-order valence-electron chi connectivity index (χ4n) is 2.16. The van der Waals surface area contributed by atoms with Crippen LogP contribution < -0.4 is 5.32 Å². The molecule has 2 aliphatic carbocycles. The van der Waals surface area contributed by atoms with Crippen LogP contribution in [-0.2, 0) is 4.79 Å². The second-order valence-electron chi connectivity index (χ2n) is 5.19. The number of carboxylic acids is 1. The fraction of sp³-hybridized carbons (Fsp3) is 0.917. The molecule has 0 aromatic rings. The van der Waals surface area contributed by atoms with Gasteiger partial charge in [0.15, 0.2) is 0 Å². The highest BCUT2D eigenvalue weighted by Crippen LogP contribution is 2.24. The molecule has 2 N–H and O–H groups in total. The van der Waals surface area contributed by atoms with E-state index in [1.165, 1.54) is 19.3 Å². The summed E-state index contributed by atoms with van der Waals surface area (Å²) in [5.41, 5.74) is 0. The molecular weight excluding hydrogens is 204 g/mol. The van der Waals surface area contributed by atoms with Crippen molar-refractivity contribution in [2.75, 3.05) is 13.6 Å². The van der Waals surface area contributed by atoms with Gasteiger partial charge in [-0.15, -0.1) is 0 Å². The summed E-state index contributed by atoms with van der Waals surface area (Å²) in [6.45, 7) is 0.890. The van der Waals surface area contributed by atoms with Crippen molar-refractivity contribution in [2.24, 2.45) is 0 Å². The molecule has 2 fully saturated rings. The molecule has 16 heavy (non-hydrogen) atoms. The highest BCUT2D eigenvalue weighted by Gasteiger charge is 2.29. The summed E-state index contributed by atoms with van der Waals surface area (Å²) < 4.78 is 0. The lowest BCUT2D eigenvalue weighted by Crippen LogP contribution is -2.43. The Kier molecular flexibility index (Phi) is 3.82. The van der Waals surface area contributed by atoms with E-state index in [4.69, 9.17) is 5.11 Å². The van der Waals surface area contributed by atoms with Gasteiger partial charge in [-0.3, -0.25) is 4.79 Å². The molecule has 4 heteroatoms. The average molecular weight is 226 g/mol. The molecule has 2 saturated carbocycles. The Morgan fingerprint density at radius 3 is 2.56 bits per heavy atom. The van der Waals surface area contributed by atoms with E-state index in [1.54, 1.807) is 0 Å². The summed E-state index contributed by atoms with van der Waals surface area (Å²) in [5.74, 6) is -0.700. The molecule has 0 aliphatic heterocycles. The van der Waals surface area contributed by atoms with Gasteiger partial charge in [0.25, 0.3) is 0 Å². The van der Waals surface area contributed by atoms with Crippen molar-refractivity contribution in [3.63, 3.8) is 0 Å². The van der Waals surface area contributed by atoms with E-state index in [1.807, 2.05) is 0 Å². The summed E-state index contributed by atoms with van der Waals surface area (Å²) in [6.07, 6.45) is 6.90. The molecule has 1 unspecified atom stereocenters. The molecule has 1 atom stereocenters. The topological polar surface area (TPSA) is 52.6 Å². The van der Waals surface area contributed by atoms with E-state index in [0.717, 1.165) is 25.8 Å². The van der Waals surface area contributed by atoms with Crippen molar-refractivity contribution in [3.05, 3.63) is 0 Å². The van der Waals surface area contributed by atoms with E-state index in [2.05, 4.69) is 17.3 Å². The van der Waals surface area contributed by atoms with Crippen LogP contribution in [0.1, 0.15) is 38.5 Å². The Labute approximate surface area is 97.0 Å². The van der Waals surface area contributed by atoms with E-state index < -0.39 is 5.97 Å². The zero-order valence-corrected chi connectivity index (χ0v) is 9.98. The largest absolute Gasteiger partial charge is 0.480 e. The zero-order valence-electron chi connectivity index (χ0n) is 9.98. The minimum Gasteiger partial charge on any atom is -0.480 e. The lowest BCUT2D eigenvalue weighted by molar-refractivity contribution is -0.139. The number of carboxylic acid groups (broad SMARTS) is 1. The first kappa shape index (κ1) is 11.9. The van der Waals surface area contributed by atoms with Crippen molar-refractivity contribution in [2.45, 2.75) is 56.7 Å². The Bertz CT molecular complexity index is 249. The smallest absolute Gasteiger partial charge is 0.320 e. The number of hydrogen-bond acceptors (Lipinski definition) is 3. The van der Waals surface area contributed by atoms with Crippen molar-refractivity contribution >= 4 is 5.97 Å². The molecule has 0 saturated heterocycles. The van der Waals surface area contributed by atoms with Gasteiger partial charge in [-0.1, -0.05) is 6.42 Å². The van der Waals surface area contributed by atoms with Crippen LogP contribution in [-0.4, -0.2) is 47.7 Å². The Hall–Kier alpha value is -0.610. The highest BCUT2D eigenvalue weighted by molar-refractivity contribution is 5.73. The van der Waals surface area contributed by atoms with Crippen molar-refractivity contribution in [1.82, 2.24) is 10.2 Å². The van der Waals surface area contributed by atoms with Crippen LogP contribution in [0.5, 0.6) is 0 Å². The summed E-state index contributed by atoms with van der Waals surface area (Å²) in [4.78, 5) is 13.4. The molecule has 0 aromatic heterocycles. The summed E-state index contributed by atoms with van der Waals surface area (Å²) in [5, 5.41) is 12.3. The molecule has 2 rings (SSSR count). The second kappa shape index (κ2) is 5.15. The quantitative estimate of drug-likeness (QED) is 0.681. The van der Waals surface area contributed by atoms with Gasteiger partial charge in [0.2, 0.25) is 0 Å². The Morgan fingerprint density at radius 2 is 2.12 bits per heavy atom. The van der Waals surface area contributed by atoms with Gasteiger partial charge in [0.1, 0.15) is 6.04 Å². The fourth-order valence-corrected chi connectivity index (χ4v) is 2.16. The van der Waals surface area contributed by atoms with Crippen LogP contribution in [0.15, 0.2) is 0 Å². The van der Waals surface area contributed by atoms with Gasteiger partial charge in [-0.05, 0) is 39.2 Å². The third-order valence-electron chi connectivity index (χ3n) is 3.78. The Morgan fingerprint density at radius 1 is 1.44 bits per heavy atom. The number of nitrogens with zero attached hydrogens (tertiary/aromatic N) is 1. The molecule has 2 aliphatic rings. The summed E-state index contributed by atoms with van der Waals surface area (Å²) >= 11 is 0. The molecular formula is C12H22N2O2. The highest BCUT2D eigenvalue weighted by atomic mass is 16.4. The third kappa shape index (κ3) is 3.19. The third-order valence-corrected chi connectivity index (χ3v) is 3.78. The standard InChI is InChI=1S/C12H22N2O2/c1-14(10-3-2-4-10)8-7-11(12(15)16)13-9-5-6-9/h9-11,13H,2-8H2,1H3,(H,15,16). The molecule has 0 heterocycles. The van der Waals surface area contributed by atoms with Crippen LogP contribution in [0.2, 0.25) is 0 Å². The first-order valence-electron chi connectivity index (χ1n) is 6.36. The van der Waals surface area contributed by atoms with Crippen LogP contribution >= 0.6 is 0 Å². The van der Waals surface area contributed by atoms with Gasteiger partial charge in [-0.2, -0.15) is 0 Å². The van der Waals surface area contributed by atoms with Crippen LogP contribution in [0, 0.1) is 0 Å². The van der Waals surface area contributed by atoms with Crippen molar-refractivity contribution in [1.29, 1.82) is 0 Å². The van der Waals surface area contributed by atoms with E-state index in [0.29, 0.717) is 12.1 Å². The minimum atomic E-state index is -0.700. The van der Waals surface area contributed by atoms with Gasteiger partial charge in [0, 0.05) is 18.6 Å². The first-order chi connectivity index (χ1) is 7.66. The average Bonchev–Trinajstić information content (AvgIpc) is 2.92. The molecule has 92 valence electrons. The second-order valence-corrected chi connectivity index (χ2v) is 5.19. The lowest BCUT2D eigenvalue weighted by atomic mass is 9.91. The monoisotopic (exact) mass is 226 g/mol. The molecule has 0 amide bonds. The first-order valence-corrected chi connectivity index (χ1v) is 6.36. The normalized spacial score (nSPS) is 23.1. The number of rotatable bonds is 7. The minimum absolute atomic E-state index is 0.352. The Balaban J connectivity index is 1.69. The zero-order chi connectivity index (χ0) is 11.5. The van der Waals surface area contributed by atoms with Crippen LogP contribution in [0.3, 0.4) is 0 Å². The predicted molar refractivity (Wildman–Crippen MR) is 62.5 cm³/mol. The molecule has 0 bridgehead atoms. The number of carbonyl (C=O) groups is 1. The number of aliphatic carboxylic acids is 1. The van der Waals surface area contributed by atoms with E-state index in [9.17, 15) is 4.79 Å². The van der Waals surface area contributed by atoms with E-state index >= 15 is 0 Å². The van der Waals surface area contributed by atoms with Crippen LogP contribution in [0.25, 0.3) is 0 Å². The molecule has 0 aromatic carbocycles. The van der Waals surface area contributed by atoms with Crippen molar-refractivity contribution < 1.29 is 9.90 Å². The maximum absolute atomic E-state index is 11.0. The molecule has 0 spiro atoms. The van der Waals surface area contributed by atoms with Gasteiger partial charge in [0.05, 0.1) is 0 Å². The van der Waals surface area contributed by atoms with E-state index in [-0.39, 0.29) is 6.04 Å². The van der Waals surface area contributed by atoms with Crippen molar-refractivity contribution in [3.8, 4) is 0 Å². The lowest BCUT2D eigenvalue weighted by Gasteiger charge is -2.35. The van der Waals surface area contributed by atoms with Gasteiger partial charge >= 0.3 is 5.97 Å². The predicted octanol–water partition coefficient (Wildman–Crippen LogP) is 1.07. The molecule has 0 radical (unpaired) electrons. The number of hydrogen-bond donors (Lipinski definition) is 2. The summed E-state index contributed by atoms with van der Waals surface area (Å²) in [7, 11) is 2.11. The van der Waals surface area contributed by atoms with Crippen LogP contribution in [0.4, 0.5) is 0 Å². The van der Waals surface area contributed by atoms with Gasteiger partial charge in [-0.25, -0.2) is 0 Å². The number of nitrogens with one attached hydrogen (secondary N) is 1. The van der Waals surface area contributed by atoms with Gasteiger partial charge < -0.3 is 15.3 Å². The maximum atomic E-state index is 11.0. The maximum Gasteiger partial charge on any atom is 0.320 e. The summed E-state index contributed by atoms with van der Waals surface area (Å²) in [6, 6.07) is 0.820.